The maximum atomic E-state index is 11.7. The van der Waals surface area contributed by atoms with E-state index in [1.54, 1.807) is 7.11 Å². The summed E-state index contributed by atoms with van der Waals surface area (Å²) in [5.41, 5.74) is -0.578. The Morgan fingerprint density at radius 1 is 1.40 bits per heavy atom. The van der Waals surface area contributed by atoms with E-state index in [4.69, 9.17) is 14.2 Å². The zero-order valence-corrected chi connectivity index (χ0v) is 9.38. The molecule has 0 aromatic heterocycles. The summed E-state index contributed by atoms with van der Waals surface area (Å²) in [6.07, 6.45) is 1.31. The van der Waals surface area contributed by atoms with Gasteiger partial charge in [-0.25, -0.2) is 0 Å². The van der Waals surface area contributed by atoms with Crippen LogP contribution in [0.25, 0.3) is 0 Å². The van der Waals surface area contributed by atoms with Crippen molar-refractivity contribution in [1.82, 2.24) is 5.32 Å². The van der Waals surface area contributed by atoms with Gasteiger partial charge in [0, 0.05) is 26.9 Å². The summed E-state index contributed by atoms with van der Waals surface area (Å²) in [6.45, 7) is 2.41. The first-order chi connectivity index (χ1) is 7.25. The minimum Gasteiger partial charge on any atom is -0.468 e. The van der Waals surface area contributed by atoms with Crippen LogP contribution in [-0.4, -0.2) is 52.1 Å². The number of methoxy groups -OCH3 is 2. The molecule has 1 aliphatic heterocycles. The molecule has 1 rings (SSSR count). The van der Waals surface area contributed by atoms with Gasteiger partial charge in [-0.15, -0.1) is 0 Å². The van der Waals surface area contributed by atoms with E-state index >= 15 is 0 Å². The number of hydrogen-bond acceptors (Lipinski definition) is 5. The van der Waals surface area contributed by atoms with Crippen molar-refractivity contribution in [1.29, 1.82) is 0 Å². The quantitative estimate of drug-likeness (QED) is 0.516. The van der Waals surface area contributed by atoms with Crippen LogP contribution in [0.4, 0.5) is 0 Å². The Morgan fingerprint density at radius 2 is 2.07 bits per heavy atom. The van der Waals surface area contributed by atoms with Crippen LogP contribution >= 0.6 is 0 Å². The SMILES string of the molecule is COCCNC1(C(=O)OC)CCOCC1. The van der Waals surface area contributed by atoms with E-state index in [1.807, 2.05) is 0 Å². The molecule has 1 fully saturated rings. The standard InChI is InChI=1S/C10H19NO4/c1-13-8-5-11-10(9(12)14-2)3-6-15-7-4-10/h11H,3-8H2,1-2H3. The van der Waals surface area contributed by atoms with Crippen molar-refractivity contribution >= 4 is 5.97 Å². The topological polar surface area (TPSA) is 56.8 Å². The molecule has 0 saturated carbocycles. The minimum absolute atomic E-state index is 0.207. The Bertz CT molecular complexity index is 202. The van der Waals surface area contributed by atoms with Gasteiger partial charge >= 0.3 is 5.97 Å². The largest absolute Gasteiger partial charge is 0.468 e. The first-order valence-corrected chi connectivity index (χ1v) is 5.15. The van der Waals surface area contributed by atoms with E-state index in [0.29, 0.717) is 39.2 Å². The minimum atomic E-state index is -0.578. The molecule has 0 bridgehead atoms. The summed E-state index contributed by atoms with van der Waals surface area (Å²) in [4.78, 5) is 11.7. The fourth-order valence-electron chi connectivity index (χ4n) is 1.76. The second-order valence-corrected chi connectivity index (χ2v) is 3.61. The molecule has 0 radical (unpaired) electrons. The molecule has 5 nitrogen and oxygen atoms in total. The lowest BCUT2D eigenvalue weighted by Crippen LogP contribution is -2.56. The number of hydrogen-bond donors (Lipinski definition) is 1. The van der Waals surface area contributed by atoms with E-state index in [-0.39, 0.29) is 5.97 Å². The maximum absolute atomic E-state index is 11.7. The number of ether oxygens (including phenoxy) is 3. The third-order valence-corrected chi connectivity index (χ3v) is 2.69. The Morgan fingerprint density at radius 3 is 2.60 bits per heavy atom. The number of nitrogens with one attached hydrogen (secondary N) is 1. The maximum Gasteiger partial charge on any atom is 0.326 e. The van der Waals surface area contributed by atoms with Crippen LogP contribution < -0.4 is 5.32 Å². The van der Waals surface area contributed by atoms with Crippen molar-refractivity contribution in [2.24, 2.45) is 0 Å². The average Bonchev–Trinajstić information content (AvgIpc) is 2.29. The van der Waals surface area contributed by atoms with Gasteiger partial charge in [0.15, 0.2) is 0 Å². The van der Waals surface area contributed by atoms with Crippen LogP contribution in [0.15, 0.2) is 0 Å². The lowest BCUT2D eigenvalue weighted by molar-refractivity contribution is -0.153. The number of rotatable bonds is 5. The highest BCUT2D eigenvalue weighted by atomic mass is 16.5. The monoisotopic (exact) mass is 217 g/mol. The lowest BCUT2D eigenvalue weighted by atomic mass is 9.90. The number of carbonyl (C=O) groups is 1. The molecule has 1 heterocycles. The fourth-order valence-corrected chi connectivity index (χ4v) is 1.76. The molecule has 15 heavy (non-hydrogen) atoms. The van der Waals surface area contributed by atoms with E-state index in [0.717, 1.165) is 0 Å². The van der Waals surface area contributed by atoms with Crippen LogP contribution in [0.2, 0.25) is 0 Å². The molecule has 1 saturated heterocycles. The molecular formula is C10H19NO4. The summed E-state index contributed by atoms with van der Waals surface area (Å²) >= 11 is 0. The molecule has 1 aliphatic rings. The predicted molar refractivity (Wildman–Crippen MR) is 54.7 cm³/mol. The van der Waals surface area contributed by atoms with Crippen LogP contribution in [0, 0.1) is 0 Å². The van der Waals surface area contributed by atoms with Gasteiger partial charge in [-0.3, -0.25) is 10.1 Å². The highest BCUT2D eigenvalue weighted by Crippen LogP contribution is 2.21. The summed E-state index contributed by atoms with van der Waals surface area (Å²) < 4.78 is 15.0. The zero-order chi connectivity index (χ0) is 11.1. The smallest absolute Gasteiger partial charge is 0.326 e. The van der Waals surface area contributed by atoms with Crippen LogP contribution in [-0.2, 0) is 19.0 Å². The van der Waals surface area contributed by atoms with Crippen LogP contribution in [0.1, 0.15) is 12.8 Å². The molecule has 0 amide bonds. The van der Waals surface area contributed by atoms with Gasteiger partial charge < -0.3 is 14.2 Å². The summed E-state index contributed by atoms with van der Waals surface area (Å²) in [5, 5.41) is 3.21. The molecule has 1 N–H and O–H groups in total. The van der Waals surface area contributed by atoms with Crippen molar-refractivity contribution in [2.45, 2.75) is 18.4 Å². The van der Waals surface area contributed by atoms with Gasteiger partial charge in [-0.1, -0.05) is 0 Å². The van der Waals surface area contributed by atoms with Gasteiger partial charge in [0.1, 0.15) is 5.54 Å². The first kappa shape index (κ1) is 12.4. The van der Waals surface area contributed by atoms with E-state index in [1.165, 1.54) is 7.11 Å². The van der Waals surface area contributed by atoms with Crippen molar-refractivity contribution < 1.29 is 19.0 Å². The van der Waals surface area contributed by atoms with Crippen LogP contribution in [0.3, 0.4) is 0 Å². The zero-order valence-electron chi connectivity index (χ0n) is 9.38. The van der Waals surface area contributed by atoms with Gasteiger partial charge in [0.2, 0.25) is 0 Å². The highest BCUT2D eigenvalue weighted by molar-refractivity contribution is 5.80. The second kappa shape index (κ2) is 6.05. The average molecular weight is 217 g/mol. The summed E-state index contributed by atoms with van der Waals surface area (Å²) in [5.74, 6) is -0.207. The number of esters is 1. The van der Waals surface area contributed by atoms with Gasteiger partial charge in [0.25, 0.3) is 0 Å². The van der Waals surface area contributed by atoms with E-state index in [2.05, 4.69) is 5.32 Å². The molecule has 0 aliphatic carbocycles. The van der Waals surface area contributed by atoms with Gasteiger partial charge in [-0.05, 0) is 12.8 Å². The molecule has 5 heteroatoms. The normalized spacial score (nSPS) is 19.9. The molecule has 0 spiro atoms. The molecule has 0 unspecified atom stereocenters. The second-order valence-electron chi connectivity index (χ2n) is 3.61. The Hall–Kier alpha value is -0.650. The Balaban J connectivity index is 2.54. The molecule has 0 aromatic carbocycles. The third kappa shape index (κ3) is 3.15. The Labute approximate surface area is 90.1 Å². The molecule has 0 aromatic rings. The predicted octanol–water partition coefficient (Wildman–Crippen LogP) is -0.0554. The van der Waals surface area contributed by atoms with E-state index < -0.39 is 5.54 Å². The van der Waals surface area contributed by atoms with Crippen molar-refractivity contribution in [3.05, 3.63) is 0 Å². The van der Waals surface area contributed by atoms with Crippen molar-refractivity contribution in [2.75, 3.05) is 40.6 Å². The molecular weight excluding hydrogens is 198 g/mol. The van der Waals surface area contributed by atoms with E-state index in [9.17, 15) is 4.79 Å². The third-order valence-electron chi connectivity index (χ3n) is 2.69. The fraction of sp³-hybridized carbons (Fsp3) is 0.900. The summed E-state index contributed by atoms with van der Waals surface area (Å²) in [6, 6.07) is 0. The van der Waals surface area contributed by atoms with Gasteiger partial charge in [-0.2, -0.15) is 0 Å². The molecule has 88 valence electrons. The lowest BCUT2D eigenvalue weighted by Gasteiger charge is -2.35. The van der Waals surface area contributed by atoms with Crippen molar-refractivity contribution in [3.63, 3.8) is 0 Å². The van der Waals surface area contributed by atoms with Crippen molar-refractivity contribution in [3.8, 4) is 0 Å². The Kier molecular flexibility index (Phi) is 5.01. The first-order valence-electron chi connectivity index (χ1n) is 5.15. The van der Waals surface area contributed by atoms with Gasteiger partial charge in [0.05, 0.1) is 13.7 Å². The molecule has 0 atom stereocenters. The number of carbonyl (C=O) groups excluding carboxylic acids is 1. The summed E-state index contributed by atoms with van der Waals surface area (Å²) in [7, 11) is 3.05. The van der Waals surface area contributed by atoms with Crippen LogP contribution in [0.5, 0.6) is 0 Å². The highest BCUT2D eigenvalue weighted by Gasteiger charge is 2.40.